The molecule has 5 heteroatoms. The van der Waals surface area contributed by atoms with E-state index in [0.29, 0.717) is 0 Å². The van der Waals surface area contributed by atoms with Gasteiger partial charge in [-0.05, 0) is 31.5 Å². The molecule has 4 nitrogen and oxygen atoms in total. The lowest BCUT2D eigenvalue weighted by Crippen LogP contribution is -2.31. The lowest BCUT2D eigenvalue weighted by molar-refractivity contribution is -0.120. The molecule has 0 fully saturated rings. The van der Waals surface area contributed by atoms with Crippen LogP contribution in [0.4, 0.5) is 0 Å². The number of sulfone groups is 1. The third-order valence-corrected chi connectivity index (χ3v) is 3.29. The molecule has 0 atom stereocenters. The summed E-state index contributed by atoms with van der Waals surface area (Å²) in [6.07, 6.45) is 1.43. The lowest BCUT2D eigenvalue weighted by atomic mass is 10.1. The van der Waals surface area contributed by atoms with Crippen molar-refractivity contribution in [2.45, 2.75) is 31.2 Å². The molecule has 0 unspecified atom stereocenters. The standard InChI is InChI=1S/C12H17NO3S/c1-9(2)13-12(14)8-10-4-6-11(7-5-10)17(3,15)16/h4-7,9H,8H2,1-3H3,(H,13,14). The number of rotatable bonds is 4. The van der Waals surface area contributed by atoms with Gasteiger partial charge in [-0.1, -0.05) is 12.1 Å². The van der Waals surface area contributed by atoms with Gasteiger partial charge in [0.15, 0.2) is 9.84 Å². The van der Waals surface area contributed by atoms with Gasteiger partial charge in [-0.25, -0.2) is 8.42 Å². The number of carbonyl (C=O) groups is 1. The number of hydrogen-bond acceptors (Lipinski definition) is 3. The van der Waals surface area contributed by atoms with Crippen molar-refractivity contribution in [1.82, 2.24) is 5.32 Å². The quantitative estimate of drug-likeness (QED) is 0.878. The summed E-state index contributed by atoms with van der Waals surface area (Å²) in [6.45, 7) is 3.79. The van der Waals surface area contributed by atoms with Crippen molar-refractivity contribution in [2.75, 3.05) is 6.26 Å². The van der Waals surface area contributed by atoms with Crippen LogP contribution < -0.4 is 5.32 Å². The van der Waals surface area contributed by atoms with Crippen molar-refractivity contribution in [3.63, 3.8) is 0 Å². The van der Waals surface area contributed by atoms with Crippen LogP contribution in [0.1, 0.15) is 19.4 Å². The van der Waals surface area contributed by atoms with E-state index >= 15 is 0 Å². The van der Waals surface area contributed by atoms with Crippen molar-refractivity contribution in [1.29, 1.82) is 0 Å². The molecule has 1 amide bonds. The Morgan fingerprint density at radius 1 is 1.24 bits per heavy atom. The Balaban J connectivity index is 2.73. The molecule has 0 heterocycles. The molecule has 0 aromatic heterocycles. The summed E-state index contributed by atoms with van der Waals surface area (Å²) in [4.78, 5) is 11.7. The van der Waals surface area contributed by atoms with Gasteiger partial charge >= 0.3 is 0 Å². The van der Waals surface area contributed by atoms with Crippen LogP contribution in [0.5, 0.6) is 0 Å². The molecule has 0 spiro atoms. The van der Waals surface area contributed by atoms with E-state index in [1.54, 1.807) is 12.1 Å². The summed E-state index contributed by atoms with van der Waals surface area (Å²) in [5.74, 6) is -0.0629. The highest BCUT2D eigenvalue weighted by Crippen LogP contribution is 2.10. The molecule has 0 radical (unpaired) electrons. The van der Waals surface area contributed by atoms with Crippen LogP contribution in [0.15, 0.2) is 29.2 Å². The van der Waals surface area contributed by atoms with E-state index in [0.717, 1.165) is 11.8 Å². The maximum atomic E-state index is 11.5. The van der Waals surface area contributed by atoms with Gasteiger partial charge in [-0.15, -0.1) is 0 Å². The van der Waals surface area contributed by atoms with Crippen LogP contribution in [-0.2, 0) is 21.1 Å². The van der Waals surface area contributed by atoms with E-state index in [1.807, 2.05) is 13.8 Å². The largest absolute Gasteiger partial charge is 0.354 e. The van der Waals surface area contributed by atoms with E-state index in [9.17, 15) is 13.2 Å². The molecular weight excluding hydrogens is 238 g/mol. The van der Waals surface area contributed by atoms with Gasteiger partial charge in [-0.2, -0.15) is 0 Å². The van der Waals surface area contributed by atoms with Crippen LogP contribution >= 0.6 is 0 Å². The van der Waals surface area contributed by atoms with E-state index in [2.05, 4.69) is 5.32 Å². The minimum Gasteiger partial charge on any atom is -0.354 e. The molecule has 1 N–H and O–H groups in total. The van der Waals surface area contributed by atoms with Crippen LogP contribution in [0.2, 0.25) is 0 Å². The van der Waals surface area contributed by atoms with Gasteiger partial charge in [-0.3, -0.25) is 4.79 Å². The first kappa shape index (κ1) is 13.7. The average Bonchev–Trinajstić information content (AvgIpc) is 2.15. The van der Waals surface area contributed by atoms with Crippen molar-refractivity contribution >= 4 is 15.7 Å². The highest BCUT2D eigenvalue weighted by molar-refractivity contribution is 7.90. The summed E-state index contributed by atoms with van der Waals surface area (Å²) in [5.41, 5.74) is 0.801. The zero-order valence-electron chi connectivity index (χ0n) is 10.2. The van der Waals surface area contributed by atoms with Crippen molar-refractivity contribution in [3.8, 4) is 0 Å². The number of nitrogens with one attached hydrogen (secondary N) is 1. The van der Waals surface area contributed by atoms with Crippen LogP contribution in [0.25, 0.3) is 0 Å². The monoisotopic (exact) mass is 255 g/mol. The molecule has 0 saturated heterocycles. The molecular formula is C12H17NO3S. The fourth-order valence-electron chi connectivity index (χ4n) is 1.41. The van der Waals surface area contributed by atoms with Gasteiger partial charge in [0.2, 0.25) is 5.91 Å². The van der Waals surface area contributed by atoms with Gasteiger partial charge < -0.3 is 5.32 Å². The first-order valence-electron chi connectivity index (χ1n) is 5.37. The third kappa shape index (κ3) is 4.56. The highest BCUT2D eigenvalue weighted by Gasteiger charge is 2.08. The molecule has 0 saturated carbocycles. The first-order chi connectivity index (χ1) is 7.79. The second-order valence-corrected chi connectivity index (χ2v) is 6.33. The van der Waals surface area contributed by atoms with E-state index in [4.69, 9.17) is 0 Å². The Morgan fingerprint density at radius 2 is 1.76 bits per heavy atom. The van der Waals surface area contributed by atoms with Gasteiger partial charge in [0, 0.05) is 12.3 Å². The number of benzene rings is 1. The molecule has 0 aliphatic rings. The Bertz CT molecular complexity index is 489. The van der Waals surface area contributed by atoms with Crippen molar-refractivity contribution in [2.24, 2.45) is 0 Å². The van der Waals surface area contributed by atoms with Gasteiger partial charge in [0.1, 0.15) is 0 Å². The fourth-order valence-corrected chi connectivity index (χ4v) is 2.04. The van der Waals surface area contributed by atoms with Gasteiger partial charge in [0.05, 0.1) is 11.3 Å². The third-order valence-electron chi connectivity index (χ3n) is 2.17. The summed E-state index contributed by atoms with van der Waals surface area (Å²) in [5, 5.41) is 2.78. The number of carbonyl (C=O) groups excluding carboxylic acids is 1. The molecule has 17 heavy (non-hydrogen) atoms. The van der Waals surface area contributed by atoms with Crippen LogP contribution in [0.3, 0.4) is 0 Å². The van der Waals surface area contributed by atoms with Crippen molar-refractivity contribution < 1.29 is 13.2 Å². The van der Waals surface area contributed by atoms with E-state index in [-0.39, 0.29) is 23.3 Å². The summed E-state index contributed by atoms with van der Waals surface area (Å²) < 4.78 is 22.5. The summed E-state index contributed by atoms with van der Waals surface area (Å²) in [6, 6.07) is 6.48. The number of hydrogen-bond donors (Lipinski definition) is 1. The average molecular weight is 255 g/mol. The Labute approximate surface area is 102 Å². The molecule has 94 valence electrons. The smallest absolute Gasteiger partial charge is 0.224 e. The van der Waals surface area contributed by atoms with Crippen LogP contribution in [0, 0.1) is 0 Å². The predicted molar refractivity (Wildman–Crippen MR) is 66.5 cm³/mol. The minimum atomic E-state index is -3.17. The predicted octanol–water partition coefficient (Wildman–Crippen LogP) is 1.16. The molecule has 0 aliphatic heterocycles. The highest BCUT2D eigenvalue weighted by atomic mass is 32.2. The molecule has 0 bridgehead atoms. The second kappa shape index (κ2) is 5.31. The minimum absolute atomic E-state index is 0.0629. The zero-order valence-corrected chi connectivity index (χ0v) is 11.0. The zero-order chi connectivity index (χ0) is 13.1. The fraction of sp³-hybridized carbons (Fsp3) is 0.417. The van der Waals surface area contributed by atoms with Crippen molar-refractivity contribution in [3.05, 3.63) is 29.8 Å². The topological polar surface area (TPSA) is 63.2 Å². The SMILES string of the molecule is CC(C)NC(=O)Cc1ccc(S(C)(=O)=O)cc1. The molecule has 0 aliphatic carbocycles. The molecule has 1 aromatic carbocycles. The maximum absolute atomic E-state index is 11.5. The molecule has 1 rings (SSSR count). The maximum Gasteiger partial charge on any atom is 0.224 e. The summed E-state index contributed by atoms with van der Waals surface area (Å²) in [7, 11) is -3.17. The van der Waals surface area contributed by atoms with Crippen LogP contribution in [-0.4, -0.2) is 26.6 Å². The summed E-state index contributed by atoms with van der Waals surface area (Å²) >= 11 is 0. The first-order valence-corrected chi connectivity index (χ1v) is 7.26. The Kier molecular flexibility index (Phi) is 4.28. The van der Waals surface area contributed by atoms with E-state index in [1.165, 1.54) is 12.1 Å². The normalized spacial score (nSPS) is 11.5. The second-order valence-electron chi connectivity index (χ2n) is 4.32. The Morgan fingerprint density at radius 3 is 2.18 bits per heavy atom. The lowest BCUT2D eigenvalue weighted by Gasteiger charge is -2.08. The number of amides is 1. The van der Waals surface area contributed by atoms with Gasteiger partial charge in [0.25, 0.3) is 0 Å². The molecule has 1 aromatic rings. The Hall–Kier alpha value is -1.36. The van der Waals surface area contributed by atoms with E-state index < -0.39 is 9.84 Å².